The molecule has 178 valence electrons. The van der Waals surface area contributed by atoms with E-state index in [1.807, 2.05) is 29.0 Å². The van der Waals surface area contributed by atoms with Gasteiger partial charge in [0, 0.05) is 17.5 Å². The fourth-order valence-corrected chi connectivity index (χ4v) is 5.70. The van der Waals surface area contributed by atoms with Crippen molar-refractivity contribution in [3.8, 4) is 11.3 Å². The van der Waals surface area contributed by atoms with Crippen LogP contribution in [0.25, 0.3) is 22.3 Å². The van der Waals surface area contributed by atoms with Gasteiger partial charge in [0.05, 0.1) is 26.9 Å². The molecule has 2 aromatic heterocycles. The van der Waals surface area contributed by atoms with E-state index in [4.69, 9.17) is 5.14 Å². The van der Waals surface area contributed by atoms with E-state index in [1.165, 1.54) is 40.8 Å². The van der Waals surface area contributed by atoms with Crippen LogP contribution in [0.5, 0.6) is 0 Å². The summed E-state index contributed by atoms with van der Waals surface area (Å²) in [6, 6.07) is 12.8. The topological polar surface area (TPSA) is 120 Å². The second-order valence-corrected chi connectivity index (χ2v) is 11.4. The minimum atomic E-state index is -3.82. The number of carbonyl (C=O) groups excluding carboxylic acids is 1. The number of fused-ring (bicyclic) bond motifs is 1. The summed E-state index contributed by atoms with van der Waals surface area (Å²) in [7, 11) is -3.82. The van der Waals surface area contributed by atoms with Gasteiger partial charge in [0.25, 0.3) is 0 Å². The SMILES string of the molecule is CCc1ccc(-c2csc(NC(=O)C(C)Sc3nc4cc(S(N)(=O)=O)ccc4n3CC)n2)cc1. The number of nitrogens with zero attached hydrogens (tertiary/aromatic N) is 3. The van der Waals surface area contributed by atoms with Crippen molar-refractivity contribution in [2.75, 3.05) is 5.32 Å². The highest BCUT2D eigenvalue weighted by Crippen LogP contribution is 2.30. The van der Waals surface area contributed by atoms with Crippen LogP contribution in [0.4, 0.5) is 5.13 Å². The van der Waals surface area contributed by atoms with E-state index in [-0.39, 0.29) is 10.8 Å². The predicted molar refractivity (Wildman–Crippen MR) is 138 cm³/mol. The molecule has 0 saturated carbocycles. The first-order valence-electron chi connectivity index (χ1n) is 10.7. The quantitative estimate of drug-likeness (QED) is 0.333. The third-order valence-electron chi connectivity index (χ3n) is 5.37. The third kappa shape index (κ3) is 5.17. The number of nitrogens with two attached hydrogens (primary N) is 1. The van der Waals surface area contributed by atoms with Crippen LogP contribution in [-0.2, 0) is 27.8 Å². The number of imidazole rings is 1. The summed E-state index contributed by atoms with van der Waals surface area (Å²) in [5, 5.41) is 10.8. The second kappa shape index (κ2) is 9.87. The van der Waals surface area contributed by atoms with Crippen molar-refractivity contribution in [2.24, 2.45) is 5.14 Å². The molecule has 0 fully saturated rings. The Kier molecular flexibility index (Phi) is 7.08. The van der Waals surface area contributed by atoms with Gasteiger partial charge in [-0.05, 0) is 44.0 Å². The molecule has 0 aliphatic carbocycles. The third-order valence-corrected chi connectivity index (χ3v) is 8.13. The number of amides is 1. The Morgan fingerprint density at radius 1 is 1.18 bits per heavy atom. The number of carbonyl (C=O) groups is 1. The van der Waals surface area contributed by atoms with Gasteiger partial charge in [-0.2, -0.15) is 0 Å². The lowest BCUT2D eigenvalue weighted by Gasteiger charge is -2.11. The van der Waals surface area contributed by atoms with Crippen LogP contribution in [0.1, 0.15) is 26.3 Å². The molecule has 0 spiro atoms. The Morgan fingerprint density at radius 3 is 2.56 bits per heavy atom. The molecule has 2 heterocycles. The number of anilines is 1. The van der Waals surface area contributed by atoms with E-state index < -0.39 is 15.3 Å². The van der Waals surface area contributed by atoms with Gasteiger partial charge in [-0.25, -0.2) is 23.5 Å². The molecular weight excluding hydrogens is 490 g/mol. The van der Waals surface area contributed by atoms with Gasteiger partial charge in [-0.1, -0.05) is 43.0 Å². The number of thiazole rings is 1. The maximum Gasteiger partial charge on any atom is 0.239 e. The van der Waals surface area contributed by atoms with E-state index in [9.17, 15) is 13.2 Å². The van der Waals surface area contributed by atoms with E-state index in [1.54, 1.807) is 13.0 Å². The molecule has 1 amide bonds. The minimum Gasteiger partial charge on any atom is -0.319 e. The fourth-order valence-electron chi connectivity index (χ4n) is 3.45. The lowest BCUT2D eigenvalue weighted by molar-refractivity contribution is -0.115. The van der Waals surface area contributed by atoms with Crippen molar-refractivity contribution < 1.29 is 13.2 Å². The van der Waals surface area contributed by atoms with Gasteiger partial charge in [0.1, 0.15) is 0 Å². The molecular formula is C23H25N5O3S3. The molecule has 1 atom stereocenters. The summed E-state index contributed by atoms with van der Waals surface area (Å²) in [4.78, 5) is 22.0. The maximum absolute atomic E-state index is 12.8. The Labute approximate surface area is 206 Å². The van der Waals surface area contributed by atoms with Crippen LogP contribution >= 0.6 is 23.1 Å². The number of hydrogen-bond donors (Lipinski definition) is 2. The first-order valence-corrected chi connectivity index (χ1v) is 14.1. The molecule has 3 N–H and O–H groups in total. The number of benzene rings is 2. The normalized spacial score (nSPS) is 12.7. The number of thioether (sulfide) groups is 1. The van der Waals surface area contributed by atoms with E-state index in [2.05, 4.69) is 34.3 Å². The molecule has 34 heavy (non-hydrogen) atoms. The number of nitrogens with one attached hydrogen (secondary N) is 1. The van der Waals surface area contributed by atoms with E-state index in [0.29, 0.717) is 22.3 Å². The number of sulfonamides is 1. The summed E-state index contributed by atoms with van der Waals surface area (Å²) in [5.74, 6) is -0.188. The van der Waals surface area contributed by atoms with Crippen molar-refractivity contribution in [3.05, 3.63) is 53.4 Å². The van der Waals surface area contributed by atoms with Crippen LogP contribution < -0.4 is 10.5 Å². The van der Waals surface area contributed by atoms with Crippen molar-refractivity contribution in [3.63, 3.8) is 0 Å². The number of primary sulfonamides is 1. The van der Waals surface area contributed by atoms with Crippen molar-refractivity contribution in [1.29, 1.82) is 0 Å². The molecule has 1 unspecified atom stereocenters. The zero-order valence-electron chi connectivity index (χ0n) is 19.0. The predicted octanol–water partition coefficient (Wildman–Crippen LogP) is 4.51. The highest BCUT2D eigenvalue weighted by molar-refractivity contribution is 8.00. The molecule has 0 aliphatic heterocycles. The number of aryl methyl sites for hydroxylation is 2. The number of hydrogen-bond acceptors (Lipinski definition) is 7. The zero-order chi connectivity index (χ0) is 24.5. The zero-order valence-corrected chi connectivity index (χ0v) is 21.4. The van der Waals surface area contributed by atoms with Gasteiger partial charge in [-0.3, -0.25) is 4.79 Å². The summed E-state index contributed by atoms with van der Waals surface area (Å²) in [5.41, 5.74) is 4.39. The minimum absolute atomic E-state index is 0.00648. The smallest absolute Gasteiger partial charge is 0.239 e. The maximum atomic E-state index is 12.8. The van der Waals surface area contributed by atoms with Crippen LogP contribution in [0.15, 0.2) is 57.9 Å². The monoisotopic (exact) mass is 515 g/mol. The molecule has 0 bridgehead atoms. The molecule has 0 aliphatic rings. The molecule has 11 heteroatoms. The van der Waals surface area contributed by atoms with E-state index in [0.717, 1.165) is 23.2 Å². The summed E-state index contributed by atoms with van der Waals surface area (Å²) >= 11 is 2.68. The summed E-state index contributed by atoms with van der Waals surface area (Å²) in [6.07, 6.45) is 0.979. The van der Waals surface area contributed by atoms with Gasteiger partial charge in [-0.15, -0.1) is 11.3 Å². The number of rotatable bonds is 8. The largest absolute Gasteiger partial charge is 0.319 e. The molecule has 0 saturated heterocycles. The van der Waals surface area contributed by atoms with Crippen molar-refractivity contribution in [2.45, 2.75) is 49.0 Å². The molecule has 4 aromatic rings. The Morgan fingerprint density at radius 2 is 1.91 bits per heavy atom. The average Bonchev–Trinajstić information content (AvgIpc) is 3.41. The lowest BCUT2D eigenvalue weighted by Crippen LogP contribution is -2.22. The molecule has 4 rings (SSSR count). The highest BCUT2D eigenvalue weighted by atomic mass is 32.2. The Hall–Kier alpha value is -2.73. The summed E-state index contributed by atoms with van der Waals surface area (Å²) < 4.78 is 25.3. The summed E-state index contributed by atoms with van der Waals surface area (Å²) in [6.45, 7) is 6.50. The van der Waals surface area contributed by atoms with E-state index >= 15 is 0 Å². The molecule has 2 aromatic carbocycles. The van der Waals surface area contributed by atoms with Crippen LogP contribution in [0.3, 0.4) is 0 Å². The molecule has 8 nitrogen and oxygen atoms in total. The number of aromatic nitrogens is 3. The lowest BCUT2D eigenvalue weighted by atomic mass is 10.1. The first-order chi connectivity index (χ1) is 16.2. The van der Waals surface area contributed by atoms with Crippen molar-refractivity contribution >= 4 is 55.2 Å². The average molecular weight is 516 g/mol. The standard InChI is InChI=1S/C23H25N5O3S3/c1-4-15-6-8-16(9-7-15)19-13-32-22(25-19)27-21(29)14(3)33-23-26-18-12-17(34(24,30)31)10-11-20(18)28(23)5-2/h6-14H,4-5H2,1-3H3,(H2,24,30,31)(H,25,27,29). The first kappa shape index (κ1) is 24.4. The molecule has 0 radical (unpaired) electrons. The van der Waals surface area contributed by atoms with Crippen LogP contribution in [0.2, 0.25) is 0 Å². The van der Waals surface area contributed by atoms with Crippen LogP contribution in [0, 0.1) is 0 Å². The second-order valence-electron chi connectivity index (χ2n) is 7.67. The van der Waals surface area contributed by atoms with Gasteiger partial charge < -0.3 is 9.88 Å². The Bertz CT molecular complexity index is 1440. The van der Waals surface area contributed by atoms with Crippen LogP contribution in [-0.4, -0.2) is 34.1 Å². The van der Waals surface area contributed by atoms with Gasteiger partial charge in [0.15, 0.2) is 10.3 Å². The van der Waals surface area contributed by atoms with Gasteiger partial charge in [0.2, 0.25) is 15.9 Å². The fraction of sp³-hybridized carbons (Fsp3) is 0.261. The Balaban J connectivity index is 1.49. The highest BCUT2D eigenvalue weighted by Gasteiger charge is 2.21. The van der Waals surface area contributed by atoms with Gasteiger partial charge >= 0.3 is 0 Å². The van der Waals surface area contributed by atoms with Crippen molar-refractivity contribution in [1.82, 2.24) is 14.5 Å².